The van der Waals surface area contributed by atoms with Gasteiger partial charge in [-0.25, -0.2) is 4.79 Å². The van der Waals surface area contributed by atoms with Crippen LogP contribution >= 0.6 is 15.9 Å². The summed E-state index contributed by atoms with van der Waals surface area (Å²) < 4.78 is 5.96. The van der Waals surface area contributed by atoms with Crippen LogP contribution in [0.5, 0.6) is 5.88 Å². The largest absolute Gasteiger partial charge is 0.402 e. The second kappa shape index (κ2) is 6.93. The first kappa shape index (κ1) is 16.3. The molecule has 0 aliphatic heterocycles. The van der Waals surface area contributed by atoms with E-state index in [1.54, 1.807) is 30.3 Å². The van der Waals surface area contributed by atoms with Crippen molar-refractivity contribution in [2.45, 2.75) is 13.8 Å². The summed E-state index contributed by atoms with van der Waals surface area (Å²) in [6.45, 7) is 4.06. The molecule has 0 unspecified atom stereocenters. The van der Waals surface area contributed by atoms with Crippen molar-refractivity contribution < 1.29 is 9.53 Å². The van der Waals surface area contributed by atoms with E-state index in [2.05, 4.69) is 38.3 Å². The first-order valence-corrected chi connectivity index (χ1v) is 8.22. The molecule has 0 fully saturated rings. The molecule has 0 bridgehead atoms. The number of ether oxygens (including phenoxy) is 1. The zero-order chi connectivity index (χ0) is 17.1. The molecule has 0 N–H and O–H groups in total. The molecule has 0 saturated carbocycles. The van der Waals surface area contributed by atoms with E-state index in [1.807, 2.05) is 26.0 Å². The van der Waals surface area contributed by atoms with E-state index in [9.17, 15) is 4.79 Å². The Morgan fingerprint density at radius 1 is 1.00 bits per heavy atom. The van der Waals surface area contributed by atoms with Gasteiger partial charge in [0, 0.05) is 16.1 Å². The second-order valence-corrected chi connectivity index (χ2v) is 6.30. The van der Waals surface area contributed by atoms with Crippen LogP contribution in [-0.4, -0.2) is 16.2 Å². The third-order valence-corrected chi connectivity index (χ3v) is 4.29. The summed E-state index contributed by atoms with van der Waals surface area (Å²) >= 11 is 3.33. The van der Waals surface area contributed by atoms with Crippen LogP contribution in [0.3, 0.4) is 0 Å². The summed E-state index contributed by atoms with van der Waals surface area (Å²) in [7, 11) is 0. The van der Waals surface area contributed by atoms with Crippen molar-refractivity contribution in [1.29, 1.82) is 0 Å². The number of hydrogen-bond donors (Lipinski definition) is 0. The predicted octanol–water partition coefficient (Wildman–Crippen LogP) is 4.74. The SMILES string of the molecule is Cc1ccc(C)c(-c2ccc(OC(=O)c3ccccc3Br)nn2)c1. The van der Waals surface area contributed by atoms with Crippen molar-refractivity contribution in [2.75, 3.05) is 0 Å². The summed E-state index contributed by atoms with van der Waals surface area (Å²) in [6, 6.07) is 16.7. The lowest BCUT2D eigenvalue weighted by molar-refractivity contribution is 0.0725. The monoisotopic (exact) mass is 382 g/mol. The van der Waals surface area contributed by atoms with Crippen molar-refractivity contribution in [3.63, 3.8) is 0 Å². The molecule has 1 aromatic heterocycles. The summed E-state index contributed by atoms with van der Waals surface area (Å²) in [6.07, 6.45) is 0. The Hall–Kier alpha value is -2.53. The van der Waals surface area contributed by atoms with Gasteiger partial charge in [-0.05, 0) is 59.6 Å². The third-order valence-electron chi connectivity index (χ3n) is 3.60. The average molecular weight is 383 g/mol. The van der Waals surface area contributed by atoms with Crippen LogP contribution in [0, 0.1) is 13.8 Å². The lowest BCUT2D eigenvalue weighted by Gasteiger charge is -2.07. The molecule has 0 spiro atoms. The highest BCUT2D eigenvalue weighted by molar-refractivity contribution is 9.10. The van der Waals surface area contributed by atoms with Crippen molar-refractivity contribution in [3.8, 4) is 17.1 Å². The van der Waals surface area contributed by atoms with E-state index >= 15 is 0 Å². The van der Waals surface area contributed by atoms with Gasteiger partial charge in [0.2, 0.25) is 5.88 Å². The Balaban J connectivity index is 1.81. The van der Waals surface area contributed by atoms with Gasteiger partial charge in [0.15, 0.2) is 0 Å². The van der Waals surface area contributed by atoms with Gasteiger partial charge in [-0.1, -0.05) is 29.8 Å². The van der Waals surface area contributed by atoms with Gasteiger partial charge in [-0.2, -0.15) is 0 Å². The minimum atomic E-state index is -0.476. The van der Waals surface area contributed by atoms with Crippen LogP contribution in [-0.2, 0) is 0 Å². The summed E-state index contributed by atoms with van der Waals surface area (Å²) in [5.41, 5.74) is 4.48. The van der Waals surface area contributed by atoms with Gasteiger partial charge in [0.1, 0.15) is 0 Å². The fourth-order valence-corrected chi connectivity index (χ4v) is 2.75. The lowest BCUT2D eigenvalue weighted by Crippen LogP contribution is -2.10. The Morgan fingerprint density at radius 3 is 2.50 bits per heavy atom. The Morgan fingerprint density at radius 2 is 1.79 bits per heavy atom. The number of halogens is 1. The minimum Gasteiger partial charge on any atom is -0.402 e. The maximum atomic E-state index is 12.2. The van der Waals surface area contributed by atoms with E-state index in [0.29, 0.717) is 10.0 Å². The summed E-state index contributed by atoms with van der Waals surface area (Å²) in [5, 5.41) is 8.19. The molecule has 0 atom stereocenters. The molecule has 0 aliphatic carbocycles. The van der Waals surface area contributed by atoms with E-state index in [-0.39, 0.29) is 5.88 Å². The molecule has 3 aromatic rings. The smallest absolute Gasteiger partial charge is 0.346 e. The lowest BCUT2D eigenvalue weighted by atomic mass is 10.0. The maximum absolute atomic E-state index is 12.2. The van der Waals surface area contributed by atoms with Crippen LogP contribution in [0.1, 0.15) is 21.5 Å². The molecule has 2 aromatic carbocycles. The number of esters is 1. The zero-order valence-electron chi connectivity index (χ0n) is 13.3. The Labute approximate surface area is 148 Å². The highest BCUT2D eigenvalue weighted by atomic mass is 79.9. The molecule has 0 saturated heterocycles. The molecule has 3 rings (SSSR count). The van der Waals surface area contributed by atoms with Gasteiger partial charge in [-0.15, -0.1) is 10.2 Å². The fourth-order valence-electron chi connectivity index (χ4n) is 2.31. The third kappa shape index (κ3) is 3.51. The number of aryl methyl sites for hydroxylation is 2. The molecule has 0 radical (unpaired) electrons. The number of rotatable bonds is 3. The topological polar surface area (TPSA) is 52.1 Å². The van der Waals surface area contributed by atoms with Gasteiger partial charge in [0.25, 0.3) is 0 Å². The molecule has 24 heavy (non-hydrogen) atoms. The van der Waals surface area contributed by atoms with Gasteiger partial charge in [-0.3, -0.25) is 0 Å². The van der Waals surface area contributed by atoms with E-state index in [4.69, 9.17) is 4.74 Å². The first-order valence-electron chi connectivity index (χ1n) is 7.42. The molecule has 1 heterocycles. The first-order chi connectivity index (χ1) is 11.5. The minimum absolute atomic E-state index is 0.171. The normalized spacial score (nSPS) is 10.5. The van der Waals surface area contributed by atoms with E-state index in [1.165, 1.54) is 0 Å². The van der Waals surface area contributed by atoms with Gasteiger partial charge in [0.05, 0.1) is 11.3 Å². The molecular formula is C19H15BrN2O2. The van der Waals surface area contributed by atoms with Crippen LogP contribution < -0.4 is 4.74 Å². The number of hydrogen-bond acceptors (Lipinski definition) is 4. The second-order valence-electron chi connectivity index (χ2n) is 5.44. The average Bonchev–Trinajstić information content (AvgIpc) is 2.58. The maximum Gasteiger partial charge on any atom is 0.346 e. The van der Waals surface area contributed by atoms with E-state index in [0.717, 1.165) is 22.4 Å². The number of nitrogens with zero attached hydrogens (tertiary/aromatic N) is 2. The van der Waals surface area contributed by atoms with E-state index < -0.39 is 5.97 Å². The Kier molecular flexibility index (Phi) is 4.71. The molecule has 0 amide bonds. The molecular weight excluding hydrogens is 368 g/mol. The quantitative estimate of drug-likeness (QED) is 0.613. The predicted molar refractivity (Wildman–Crippen MR) is 96.0 cm³/mol. The van der Waals surface area contributed by atoms with Crippen LogP contribution in [0.15, 0.2) is 59.1 Å². The molecule has 5 heteroatoms. The fraction of sp³-hybridized carbons (Fsp3) is 0.105. The highest BCUT2D eigenvalue weighted by Crippen LogP contribution is 2.24. The van der Waals surface area contributed by atoms with Crippen LogP contribution in [0.25, 0.3) is 11.3 Å². The standard InChI is InChI=1S/C19H15BrN2O2/c1-12-7-8-13(2)15(11-12)17-9-10-18(22-21-17)24-19(23)14-5-3-4-6-16(14)20/h3-11H,1-2H3. The summed E-state index contributed by atoms with van der Waals surface area (Å²) in [5.74, 6) is -0.305. The van der Waals surface area contributed by atoms with Gasteiger partial charge >= 0.3 is 5.97 Å². The van der Waals surface area contributed by atoms with Gasteiger partial charge < -0.3 is 4.74 Å². The van der Waals surface area contributed by atoms with Crippen LogP contribution in [0.4, 0.5) is 0 Å². The van der Waals surface area contributed by atoms with Crippen molar-refractivity contribution >= 4 is 21.9 Å². The van der Waals surface area contributed by atoms with Crippen molar-refractivity contribution in [2.24, 2.45) is 0 Å². The number of carbonyl (C=O) groups is 1. The van der Waals surface area contributed by atoms with Crippen LogP contribution in [0.2, 0.25) is 0 Å². The number of carbonyl (C=O) groups excluding carboxylic acids is 1. The molecule has 120 valence electrons. The molecule has 0 aliphatic rings. The van der Waals surface area contributed by atoms with Crippen molar-refractivity contribution in [1.82, 2.24) is 10.2 Å². The zero-order valence-corrected chi connectivity index (χ0v) is 14.9. The number of aromatic nitrogens is 2. The number of benzene rings is 2. The summed E-state index contributed by atoms with van der Waals surface area (Å²) in [4.78, 5) is 12.2. The molecule has 4 nitrogen and oxygen atoms in total. The van der Waals surface area contributed by atoms with Crippen molar-refractivity contribution in [3.05, 3.63) is 75.8 Å². The highest BCUT2D eigenvalue weighted by Gasteiger charge is 2.13. The Bertz CT molecular complexity index is 892.